The highest BCUT2D eigenvalue weighted by atomic mass is 35.5. The lowest BCUT2D eigenvalue weighted by atomic mass is 10.2. The van der Waals surface area contributed by atoms with Crippen LogP contribution in [0.2, 0.25) is 5.02 Å². The number of carbonyl (C=O) groups is 1. The summed E-state index contributed by atoms with van der Waals surface area (Å²) in [7, 11) is 0. The van der Waals surface area contributed by atoms with Crippen molar-refractivity contribution in [3.05, 3.63) is 28.8 Å². The van der Waals surface area contributed by atoms with Crippen LogP contribution in [0.1, 0.15) is 31.2 Å². The SMILES string of the molecule is Cc1cc(Cl)ccc1OCC(=O)N(CCO)C1CCCC1. The molecule has 0 aliphatic heterocycles. The van der Waals surface area contributed by atoms with Gasteiger partial charge in [0.15, 0.2) is 6.61 Å². The van der Waals surface area contributed by atoms with Crippen molar-refractivity contribution in [1.82, 2.24) is 4.90 Å². The van der Waals surface area contributed by atoms with Crippen molar-refractivity contribution < 1.29 is 14.6 Å². The fourth-order valence-electron chi connectivity index (χ4n) is 2.83. The van der Waals surface area contributed by atoms with E-state index in [0.29, 0.717) is 17.3 Å². The molecule has 0 saturated heterocycles. The van der Waals surface area contributed by atoms with Gasteiger partial charge in [-0.25, -0.2) is 0 Å². The molecule has 0 bridgehead atoms. The van der Waals surface area contributed by atoms with Gasteiger partial charge in [0.05, 0.1) is 6.61 Å². The molecule has 1 amide bonds. The van der Waals surface area contributed by atoms with E-state index in [0.717, 1.165) is 31.2 Å². The van der Waals surface area contributed by atoms with Crippen LogP contribution in [0.5, 0.6) is 5.75 Å². The highest BCUT2D eigenvalue weighted by molar-refractivity contribution is 6.30. The quantitative estimate of drug-likeness (QED) is 0.879. The number of rotatable bonds is 6. The van der Waals surface area contributed by atoms with Crippen molar-refractivity contribution in [1.29, 1.82) is 0 Å². The number of hydrogen-bond acceptors (Lipinski definition) is 3. The van der Waals surface area contributed by atoms with E-state index < -0.39 is 0 Å². The molecule has 1 fully saturated rings. The summed E-state index contributed by atoms with van der Waals surface area (Å²) in [6, 6.07) is 5.58. The molecule has 1 aliphatic carbocycles. The Balaban J connectivity index is 1.95. The Hall–Kier alpha value is -1.26. The second kappa shape index (κ2) is 7.66. The average molecular weight is 312 g/mol. The number of halogens is 1. The van der Waals surface area contributed by atoms with E-state index in [1.807, 2.05) is 13.0 Å². The van der Waals surface area contributed by atoms with Gasteiger partial charge >= 0.3 is 0 Å². The Morgan fingerprint density at radius 3 is 2.76 bits per heavy atom. The van der Waals surface area contributed by atoms with Gasteiger partial charge in [-0.1, -0.05) is 24.4 Å². The lowest BCUT2D eigenvalue weighted by Crippen LogP contribution is -2.43. The number of benzene rings is 1. The normalized spacial score (nSPS) is 15.2. The summed E-state index contributed by atoms with van der Waals surface area (Å²) in [5, 5.41) is 9.81. The molecule has 0 unspecified atom stereocenters. The average Bonchev–Trinajstić information content (AvgIpc) is 2.97. The maximum absolute atomic E-state index is 12.3. The molecule has 0 atom stereocenters. The molecule has 1 aliphatic rings. The van der Waals surface area contributed by atoms with Crippen molar-refractivity contribution in [3.8, 4) is 5.75 Å². The van der Waals surface area contributed by atoms with E-state index in [2.05, 4.69) is 0 Å². The van der Waals surface area contributed by atoms with Crippen molar-refractivity contribution in [2.45, 2.75) is 38.6 Å². The molecule has 0 radical (unpaired) electrons. The summed E-state index contributed by atoms with van der Waals surface area (Å²) in [6.07, 6.45) is 4.34. The zero-order chi connectivity index (χ0) is 15.2. The third-order valence-corrected chi connectivity index (χ3v) is 4.15. The van der Waals surface area contributed by atoms with Gasteiger partial charge in [0.25, 0.3) is 5.91 Å². The molecule has 0 aromatic heterocycles. The minimum Gasteiger partial charge on any atom is -0.483 e. The van der Waals surface area contributed by atoms with Crippen LogP contribution in [-0.2, 0) is 4.79 Å². The predicted molar refractivity (Wildman–Crippen MR) is 82.7 cm³/mol. The molecule has 4 nitrogen and oxygen atoms in total. The topological polar surface area (TPSA) is 49.8 Å². The van der Waals surface area contributed by atoms with Crippen LogP contribution in [0.25, 0.3) is 0 Å². The Kier molecular flexibility index (Phi) is 5.88. The van der Waals surface area contributed by atoms with Gasteiger partial charge in [0.2, 0.25) is 0 Å². The summed E-state index contributed by atoms with van der Waals surface area (Å²) >= 11 is 5.90. The second-order valence-corrected chi connectivity index (χ2v) is 5.88. The molecule has 1 aromatic rings. The number of nitrogens with zero attached hydrogens (tertiary/aromatic N) is 1. The maximum Gasteiger partial charge on any atom is 0.260 e. The van der Waals surface area contributed by atoms with E-state index in [9.17, 15) is 4.79 Å². The molecule has 2 rings (SSSR count). The van der Waals surface area contributed by atoms with Crippen LogP contribution in [-0.4, -0.2) is 41.7 Å². The standard InChI is InChI=1S/C16H22ClNO3/c1-12-10-13(17)6-7-15(12)21-11-16(20)18(8-9-19)14-4-2-3-5-14/h6-7,10,14,19H,2-5,8-9,11H2,1H3. The van der Waals surface area contributed by atoms with E-state index in [-0.39, 0.29) is 25.2 Å². The first-order valence-corrected chi connectivity index (χ1v) is 7.79. The smallest absolute Gasteiger partial charge is 0.260 e. The van der Waals surface area contributed by atoms with E-state index >= 15 is 0 Å². The predicted octanol–water partition coefficient (Wildman–Crippen LogP) is 2.79. The summed E-state index contributed by atoms with van der Waals surface area (Å²) < 4.78 is 5.61. The molecule has 1 aromatic carbocycles. The zero-order valence-corrected chi connectivity index (χ0v) is 13.1. The van der Waals surface area contributed by atoms with Gasteiger partial charge in [-0.3, -0.25) is 4.79 Å². The zero-order valence-electron chi connectivity index (χ0n) is 12.3. The number of aliphatic hydroxyl groups is 1. The first-order chi connectivity index (χ1) is 10.1. The minimum atomic E-state index is -0.0645. The summed E-state index contributed by atoms with van der Waals surface area (Å²) in [5.74, 6) is 0.605. The van der Waals surface area contributed by atoms with Gasteiger partial charge in [0.1, 0.15) is 5.75 Å². The first-order valence-electron chi connectivity index (χ1n) is 7.41. The van der Waals surface area contributed by atoms with Gasteiger partial charge in [-0.05, 0) is 43.5 Å². The van der Waals surface area contributed by atoms with Crippen molar-refractivity contribution in [2.75, 3.05) is 19.8 Å². The maximum atomic E-state index is 12.3. The second-order valence-electron chi connectivity index (χ2n) is 5.45. The third-order valence-electron chi connectivity index (χ3n) is 3.91. The van der Waals surface area contributed by atoms with Crippen molar-refractivity contribution >= 4 is 17.5 Å². The van der Waals surface area contributed by atoms with Gasteiger partial charge < -0.3 is 14.7 Å². The number of aliphatic hydroxyl groups excluding tert-OH is 1. The highest BCUT2D eigenvalue weighted by Crippen LogP contribution is 2.24. The molecule has 0 spiro atoms. The summed E-state index contributed by atoms with van der Waals surface area (Å²) in [4.78, 5) is 14.1. The highest BCUT2D eigenvalue weighted by Gasteiger charge is 2.26. The number of hydrogen-bond donors (Lipinski definition) is 1. The van der Waals surface area contributed by atoms with Crippen molar-refractivity contribution in [2.24, 2.45) is 0 Å². The molecule has 1 N–H and O–H groups in total. The lowest BCUT2D eigenvalue weighted by molar-refractivity contribution is -0.136. The number of ether oxygens (including phenoxy) is 1. The summed E-state index contributed by atoms with van der Waals surface area (Å²) in [6.45, 7) is 2.27. The Labute approximate surface area is 130 Å². The van der Waals surface area contributed by atoms with Crippen LogP contribution in [0.15, 0.2) is 18.2 Å². The largest absolute Gasteiger partial charge is 0.483 e. The molecule has 21 heavy (non-hydrogen) atoms. The van der Waals surface area contributed by atoms with Gasteiger partial charge in [-0.15, -0.1) is 0 Å². The molecule has 116 valence electrons. The molecular weight excluding hydrogens is 290 g/mol. The lowest BCUT2D eigenvalue weighted by Gasteiger charge is -2.28. The number of carbonyl (C=O) groups excluding carboxylic acids is 1. The van der Waals surface area contributed by atoms with Crippen LogP contribution >= 0.6 is 11.6 Å². The molecule has 5 heteroatoms. The molecule has 0 heterocycles. The Morgan fingerprint density at radius 1 is 1.43 bits per heavy atom. The van der Waals surface area contributed by atoms with Gasteiger partial charge in [0, 0.05) is 17.6 Å². The fourth-order valence-corrected chi connectivity index (χ4v) is 3.06. The van der Waals surface area contributed by atoms with Crippen LogP contribution in [0.3, 0.4) is 0 Å². The Bertz CT molecular complexity index is 486. The molecule has 1 saturated carbocycles. The monoisotopic (exact) mass is 311 g/mol. The number of aryl methyl sites for hydroxylation is 1. The minimum absolute atomic E-state index is 0.00102. The van der Waals surface area contributed by atoms with Gasteiger partial charge in [-0.2, -0.15) is 0 Å². The number of amides is 1. The van der Waals surface area contributed by atoms with E-state index in [1.54, 1.807) is 17.0 Å². The fraction of sp³-hybridized carbons (Fsp3) is 0.562. The first kappa shape index (κ1) is 16.1. The summed E-state index contributed by atoms with van der Waals surface area (Å²) in [5.41, 5.74) is 0.907. The third kappa shape index (κ3) is 4.35. The Morgan fingerprint density at radius 2 is 2.14 bits per heavy atom. The van der Waals surface area contributed by atoms with E-state index in [1.165, 1.54) is 0 Å². The van der Waals surface area contributed by atoms with Crippen LogP contribution in [0, 0.1) is 6.92 Å². The van der Waals surface area contributed by atoms with Crippen LogP contribution in [0.4, 0.5) is 0 Å². The van der Waals surface area contributed by atoms with E-state index in [4.69, 9.17) is 21.4 Å². The van der Waals surface area contributed by atoms with Crippen LogP contribution < -0.4 is 4.74 Å². The molecular formula is C16H22ClNO3. The van der Waals surface area contributed by atoms with Crippen molar-refractivity contribution in [3.63, 3.8) is 0 Å².